The third kappa shape index (κ3) is 3.16. The van der Waals surface area contributed by atoms with Crippen molar-refractivity contribution in [1.29, 1.82) is 0 Å². The van der Waals surface area contributed by atoms with Crippen molar-refractivity contribution < 1.29 is 10.0 Å². The number of aliphatic hydroxyl groups is 1. The fourth-order valence-electron chi connectivity index (χ4n) is 2.67. The molecule has 1 aliphatic rings. The predicted octanol–water partition coefficient (Wildman–Crippen LogP) is 2.99. The molecule has 5 nitrogen and oxygen atoms in total. The fraction of sp³-hybridized carbons (Fsp3) is 0.538. The van der Waals surface area contributed by atoms with Crippen molar-refractivity contribution in [2.45, 2.75) is 31.3 Å². The number of nitro groups is 1. The van der Waals surface area contributed by atoms with Crippen molar-refractivity contribution >= 4 is 23.0 Å². The maximum Gasteiger partial charge on any atom is 0.292 e. The summed E-state index contributed by atoms with van der Waals surface area (Å²) in [6.45, 7) is 0.383. The van der Waals surface area contributed by atoms with E-state index in [2.05, 4.69) is 0 Å². The van der Waals surface area contributed by atoms with E-state index in [0.29, 0.717) is 17.3 Å². The molecule has 0 radical (unpaired) electrons. The van der Waals surface area contributed by atoms with Gasteiger partial charge in [0.25, 0.3) is 5.69 Å². The topological polar surface area (TPSA) is 66.6 Å². The first-order chi connectivity index (χ1) is 8.91. The number of likely N-dealkylation sites (N-methyl/N-ethyl adjacent to an activating group) is 1. The largest absolute Gasteiger partial charge is 0.388 e. The van der Waals surface area contributed by atoms with Crippen LogP contribution >= 0.6 is 11.6 Å². The number of benzene rings is 1. The van der Waals surface area contributed by atoms with Crippen LogP contribution < -0.4 is 4.90 Å². The molecule has 0 heterocycles. The molecular weight excluding hydrogens is 268 g/mol. The highest BCUT2D eigenvalue weighted by atomic mass is 35.5. The van der Waals surface area contributed by atoms with E-state index in [0.717, 1.165) is 25.7 Å². The van der Waals surface area contributed by atoms with Gasteiger partial charge in [-0.1, -0.05) is 24.4 Å². The molecule has 0 amide bonds. The van der Waals surface area contributed by atoms with Crippen molar-refractivity contribution in [3.63, 3.8) is 0 Å². The van der Waals surface area contributed by atoms with Gasteiger partial charge in [0.15, 0.2) is 0 Å². The lowest BCUT2D eigenvalue weighted by atomic mass is 10.0. The van der Waals surface area contributed by atoms with Crippen LogP contribution in [0, 0.1) is 10.1 Å². The van der Waals surface area contributed by atoms with Crippen LogP contribution in [0.5, 0.6) is 0 Å². The van der Waals surface area contributed by atoms with Gasteiger partial charge < -0.3 is 10.0 Å². The molecule has 1 aromatic rings. The monoisotopic (exact) mass is 284 g/mol. The van der Waals surface area contributed by atoms with E-state index in [4.69, 9.17) is 11.6 Å². The molecule has 0 aromatic heterocycles. The van der Waals surface area contributed by atoms with E-state index >= 15 is 0 Å². The third-order valence-corrected chi connectivity index (χ3v) is 3.85. The Labute approximate surface area is 116 Å². The summed E-state index contributed by atoms with van der Waals surface area (Å²) in [6.07, 6.45) is 3.49. The second-order valence-electron chi connectivity index (χ2n) is 5.18. The van der Waals surface area contributed by atoms with Gasteiger partial charge in [-0.3, -0.25) is 10.1 Å². The Balaban J connectivity index is 2.24. The zero-order chi connectivity index (χ0) is 14.0. The minimum Gasteiger partial charge on any atom is -0.388 e. The lowest BCUT2D eigenvalue weighted by molar-refractivity contribution is -0.384. The van der Waals surface area contributed by atoms with E-state index in [9.17, 15) is 15.2 Å². The molecular formula is C13H17ClN2O3. The summed E-state index contributed by atoms with van der Waals surface area (Å²) in [4.78, 5) is 12.3. The van der Waals surface area contributed by atoms with Crippen LogP contribution in [0.1, 0.15) is 25.7 Å². The van der Waals surface area contributed by atoms with Crippen LogP contribution in [-0.4, -0.2) is 29.2 Å². The van der Waals surface area contributed by atoms with Crippen LogP contribution in [0.2, 0.25) is 5.02 Å². The summed E-state index contributed by atoms with van der Waals surface area (Å²) in [6, 6.07) is 4.46. The first-order valence-corrected chi connectivity index (χ1v) is 6.67. The first-order valence-electron chi connectivity index (χ1n) is 6.29. The molecule has 1 aliphatic carbocycles. The number of hydrogen-bond acceptors (Lipinski definition) is 4. The molecule has 0 saturated heterocycles. The molecule has 1 N–H and O–H groups in total. The molecule has 2 rings (SSSR count). The average Bonchev–Trinajstić information content (AvgIpc) is 2.75. The quantitative estimate of drug-likeness (QED) is 0.682. The number of hydrogen-bond donors (Lipinski definition) is 1. The minimum atomic E-state index is -0.745. The average molecular weight is 285 g/mol. The number of nitrogens with zero attached hydrogens (tertiary/aromatic N) is 2. The van der Waals surface area contributed by atoms with Gasteiger partial charge in [0.05, 0.1) is 10.5 Å². The van der Waals surface area contributed by atoms with Gasteiger partial charge in [-0.15, -0.1) is 0 Å². The molecule has 104 valence electrons. The normalized spacial score (nSPS) is 17.4. The summed E-state index contributed by atoms with van der Waals surface area (Å²) in [7, 11) is 1.74. The van der Waals surface area contributed by atoms with E-state index in [1.165, 1.54) is 12.1 Å². The maximum absolute atomic E-state index is 11.0. The van der Waals surface area contributed by atoms with Gasteiger partial charge in [0.1, 0.15) is 5.69 Å². The fourth-order valence-corrected chi connectivity index (χ4v) is 2.84. The smallest absolute Gasteiger partial charge is 0.292 e. The van der Waals surface area contributed by atoms with Gasteiger partial charge in [0, 0.05) is 24.7 Å². The van der Waals surface area contributed by atoms with Crippen LogP contribution in [-0.2, 0) is 0 Å². The van der Waals surface area contributed by atoms with Crippen LogP contribution in [0.4, 0.5) is 11.4 Å². The molecule has 6 heteroatoms. The van der Waals surface area contributed by atoms with E-state index in [1.807, 2.05) is 0 Å². The van der Waals surface area contributed by atoms with Crippen LogP contribution in [0.15, 0.2) is 18.2 Å². The molecule has 0 spiro atoms. The van der Waals surface area contributed by atoms with E-state index in [1.54, 1.807) is 18.0 Å². The zero-order valence-electron chi connectivity index (χ0n) is 10.8. The molecule has 0 atom stereocenters. The van der Waals surface area contributed by atoms with E-state index < -0.39 is 10.5 Å². The Morgan fingerprint density at radius 2 is 2.11 bits per heavy atom. The lowest BCUT2D eigenvalue weighted by Crippen LogP contribution is -2.39. The Morgan fingerprint density at radius 3 is 2.68 bits per heavy atom. The molecule has 19 heavy (non-hydrogen) atoms. The van der Waals surface area contributed by atoms with Crippen LogP contribution in [0.25, 0.3) is 0 Å². The summed E-state index contributed by atoms with van der Waals surface area (Å²) in [5.41, 5.74) is -0.295. The minimum absolute atomic E-state index is 0.00787. The maximum atomic E-state index is 11.0. The summed E-state index contributed by atoms with van der Waals surface area (Å²) >= 11 is 5.91. The van der Waals surface area contributed by atoms with Crippen molar-refractivity contribution in [2.24, 2.45) is 0 Å². The number of anilines is 1. The highest BCUT2D eigenvalue weighted by Crippen LogP contribution is 2.35. The van der Waals surface area contributed by atoms with Gasteiger partial charge in [-0.25, -0.2) is 0 Å². The van der Waals surface area contributed by atoms with Crippen molar-refractivity contribution in [1.82, 2.24) is 0 Å². The Hall–Kier alpha value is -1.33. The molecule has 1 aromatic carbocycles. The van der Waals surface area contributed by atoms with Gasteiger partial charge in [-0.2, -0.15) is 0 Å². The third-order valence-electron chi connectivity index (χ3n) is 3.61. The second kappa shape index (κ2) is 5.35. The van der Waals surface area contributed by atoms with Crippen molar-refractivity contribution in [2.75, 3.05) is 18.5 Å². The van der Waals surface area contributed by atoms with Crippen molar-refractivity contribution in [3.05, 3.63) is 33.3 Å². The number of nitro benzene ring substituents is 1. The predicted molar refractivity (Wildman–Crippen MR) is 74.8 cm³/mol. The summed E-state index contributed by atoms with van der Waals surface area (Å²) in [5, 5.41) is 21.9. The van der Waals surface area contributed by atoms with E-state index in [-0.39, 0.29) is 5.69 Å². The lowest BCUT2D eigenvalue weighted by Gasteiger charge is -2.29. The van der Waals surface area contributed by atoms with Gasteiger partial charge in [-0.05, 0) is 25.0 Å². The summed E-state index contributed by atoms with van der Waals surface area (Å²) < 4.78 is 0. The number of halogens is 1. The summed E-state index contributed by atoms with van der Waals surface area (Å²) in [5.74, 6) is 0. The van der Waals surface area contributed by atoms with Gasteiger partial charge in [0.2, 0.25) is 0 Å². The Morgan fingerprint density at radius 1 is 1.47 bits per heavy atom. The first kappa shape index (κ1) is 14.1. The zero-order valence-corrected chi connectivity index (χ0v) is 11.6. The Kier molecular flexibility index (Phi) is 3.96. The van der Waals surface area contributed by atoms with Crippen molar-refractivity contribution in [3.8, 4) is 0 Å². The molecule has 1 saturated carbocycles. The molecule has 0 aliphatic heterocycles. The highest BCUT2D eigenvalue weighted by Gasteiger charge is 2.33. The molecule has 0 bridgehead atoms. The standard InChI is InChI=1S/C13H17ClN2O3/c1-15(9-13(17)6-2-3-7-13)12-8-10(14)4-5-11(12)16(18)19/h4-5,8,17H,2-3,6-7,9H2,1H3. The highest BCUT2D eigenvalue weighted by molar-refractivity contribution is 6.31. The molecule has 0 unspecified atom stereocenters. The molecule has 1 fully saturated rings. The number of rotatable bonds is 4. The Bertz CT molecular complexity index is 487. The second-order valence-corrected chi connectivity index (χ2v) is 5.61. The SMILES string of the molecule is CN(CC1(O)CCCC1)c1cc(Cl)ccc1[N+](=O)[O-]. The van der Waals surface area contributed by atoms with Crippen LogP contribution in [0.3, 0.4) is 0 Å². The van der Waals surface area contributed by atoms with Gasteiger partial charge >= 0.3 is 0 Å².